The van der Waals surface area contributed by atoms with Crippen molar-refractivity contribution in [2.75, 3.05) is 25.4 Å². The van der Waals surface area contributed by atoms with E-state index in [-0.39, 0.29) is 5.54 Å². The lowest BCUT2D eigenvalue weighted by Gasteiger charge is -2.48. The number of benzene rings is 2. The molecule has 3 aromatic heterocycles. The third-order valence-electron chi connectivity index (χ3n) is 7.95. The van der Waals surface area contributed by atoms with Gasteiger partial charge in [-0.25, -0.2) is 15.0 Å². The quantitative estimate of drug-likeness (QED) is 0.376. The van der Waals surface area contributed by atoms with Crippen molar-refractivity contribution < 1.29 is 0 Å². The normalized spacial score (nSPS) is 17.4. The molecule has 1 saturated carbocycles. The van der Waals surface area contributed by atoms with E-state index in [1.165, 1.54) is 38.8 Å². The van der Waals surface area contributed by atoms with Gasteiger partial charge in [0.2, 0.25) is 0 Å². The molecule has 174 valence electrons. The van der Waals surface area contributed by atoms with E-state index in [0.29, 0.717) is 5.82 Å². The van der Waals surface area contributed by atoms with Gasteiger partial charge in [-0.1, -0.05) is 48.5 Å². The fraction of sp³-hybridized carbons (Fsp3) is 0.276. The number of fused-ring (bicyclic) bond motifs is 2. The molecule has 1 aliphatic carbocycles. The molecule has 4 heterocycles. The second-order valence-electron chi connectivity index (χ2n) is 10.0. The van der Waals surface area contributed by atoms with Crippen LogP contribution >= 0.6 is 0 Å². The minimum absolute atomic E-state index is 0.0906. The van der Waals surface area contributed by atoms with Crippen molar-refractivity contribution >= 4 is 27.8 Å². The molecule has 0 bridgehead atoms. The van der Waals surface area contributed by atoms with Gasteiger partial charge in [0.1, 0.15) is 17.8 Å². The van der Waals surface area contributed by atoms with Crippen LogP contribution in [0, 0.1) is 0 Å². The maximum Gasteiger partial charge on any atom is 0.146 e. The van der Waals surface area contributed by atoms with Gasteiger partial charge in [-0.15, -0.1) is 0 Å². The largest absolute Gasteiger partial charge is 0.383 e. The molecule has 0 amide bonds. The third kappa shape index (κ3) is 3.32. The summed E-state index contributed by atoms with van der Waals surface area (Å²) >= 11 is 0. The Balaban J connectivity index is 1.38. The van der Waals surface area contributed by atoms with Crippen molar-refractivity contribution in [1.82, 2.24) is 24.4 Å². The molecule has 2 N–H and O–H groups in total. The third-order valence-corrected chi connectivity index (χ3v) is 7.95. The molecule has 2 fully saturated rings. The summed E-state index contributed by atoms with van der Waals surface area (Å²) in [5.41, 5.74) is 12.8. The van der Waals surface area contributed by atoms with Gasteiger partial charge in [-0.2, -0.15) is 0 Å². The second kappa shape index (κ2) is 7.89. The average Bonchev–Trinajstić information content (AvgIpc) is 3.24. The summed E-state index contributed by atoms with van der Waals surface area (Å²) in [7, 11) is 0. The molecule has 7 rings (SSSR count). The van der Waals surface area contributed by atoms with E-state index >= 15 is 0 Å². The van der Waals surface area contributed by atoms with Crippen LogP contribution in [-0.2, 0) is 5.54 Å². The highest BCUT2D eigenvalue weighted by atomic mass is 15.2. The lowest BCUT2D eigenvalue weighted by atomic mass is 9.75. The summed E-state index contributed by atoms with van der Waals surface area (Å²) in [6.45, 7) is 3.48. The summed E-state index contributed by atoms with van der Waals surface area (Å²) in [4.78, 5) is 16.7. The molecule has 0 spiro atoms. The number of likely N-dealkylation sites (tertiary alicyclic amines) is 1. The van der Waals surface area contributed by atoms with E-state index in [4.69, 9.17) is 15.7 Å². The van der Waals surface area contributed by atoms with Crippen LogP contribution < -0.4 is 5.73 Å². The smallest absolute Gasteiger partial charge is 0.146 e. The van der Waals surface area contributed by atoms with Crippen LogP contribution in [0.25, 0.3) is 44.3 Å². The SMILES string of the molecule is Nc1ncnc2c1c(-c1ccc3ccc(-c4ccccc4)nc3c1)cn2C1(CN2CCC2)CCC1. The second-order valence-corrected chi connectivity index (χ2v) is 10.0. The minimum atomic E-state index is 0.0906. The van der Waals surface area contributed by atoms with E-state index in [1.54, 1.807) is 6.33 Å². The average molecular weight is 461 g/mol. The first kappa shape index (κ1) is 20.6. The van der Waals surface area contributed by atoms with Crippen LogP contribution in [0.5, 0.6) is 0 Å². The maximum absolute atomic E-state index is 6.47. The van der Waals surface area contributed by atoms with Crippen LogP contribution in [0.15, 0.2) is 73.2 Å². The van der Waals surface area contributed by atoms with Gasteiger partial charge >= 0.3 is 0 Å². The molecule has 5 aromatic rings. The van der Waals surface area contributed by atoms with Crippen LogP contribution in [-0.4, -0.2) is 44.1 Å². The Morgan fingerprint density at radius 3 is 2.46 bits per heavy atom. The molecule has 2 aromatic carbocycles. The van der Waals surface area contributed by atoms with Crippen LogP contribution in [0.2, 0.25) is 0 Å². The summed E-state index contributed by atoms with van der Waals surface area (Å²) in [6.07, 6.45) is 8.79. The molecule has 6 heteroatoms. The molecule has 1 saturated heterocycles. The highest BCUT2D eigenvalue weighted by molar-refractivity contribution is 6.02. The minimum Gasteiger partial charge on any atom is -0.383 e. The summed E-state index contributed by atoms with van der Waals surface area (Å²) in [6, 6.07) is 21.0. The van der Waals surface area contributed by atoms with E-state index in [2.05, 4.69) is 63.1 Å². The number of nitrogens with two attached hydrogens (primary N) is 1. The van der Waals surface area contributed by atoms with Gasteiger partial charge in [0.25, 0.3) is 0 Å². The summed E-state index contributed by atoms with van der Waals surface area (Å²) in [5, 5.41) is 2.07. The number of pyridine rings is 1. The number of hydrogen-bond donors (Lipinski definition) is 1. The Kier molecular flexibility index (Phi) is 4.64. The van der Waals surface area contributed by atoms with Crippen LogP contribution in [0.1, 0.15) is 25.7 Å². The fourth-order valence-corrected chi connectivity index (χ4v) is 5.74. The number of aromatic nitrogens is 4. The van der Waals surface area contributed by atoms with Gasteiger partial charge in [-0.05, 0) is 56.5 Å². The standard InChI is InChI=1S/C29H28N6/c30-27-26-23(17-35(28(26)32-19-31-27)29(12-4-13-29)18-34-14-5-15-34)22-9-8-21-10-11-24(33-25(21)16-22)20-6-2-1-3-7-20/h1-3,6-11,16-17,19H,4-5,12-15,18H2,(H2,30,31,32). The van der Waals surface area contributed by atoms with Gasteiger partial charge in [0.05, 0.1) is 22.1 Å². The molecule has 2 aliphatic rings. The monoisotopic (exact) mass is 460 g/mol. The molecule has 35 heavy (non-hydrogen) atoms. The molecular formula is C29H28N6. The maximum atomic E-state index is 6.47. The predicted octanol–water partition coefficient (Wildman–Crippen LogP) is 5.48. The highest BCUT2D eigenvalue weighted by Gasteiger charge is 2.42. The Morgan fingerprint density at radius 2 is 1.71 bits per heavy atom. The lowest BCUT2D eigenvalue weighted by molar-refractivity contribution is 0.0488. The van der Waals surface area contributed by atoms with Crippen molar-refractivity contribution in [2.24, 2.45) is 0 Å². The Bertz CT molecular complexity index is 1550. The number of anilines is 1. The van der Waals surface area contributed by atoms with Gasteiger partial charge in [-0.3, -0.25) is 0 Å². The fourth-order valence-electron chi connectivity index (χ4n) is 5.74. The van der Waals surface area contributed by atoms with Gasteiger partial charge in [0.15, 0.2) is 0 Å². The number of nitrogens with zero attached hydrogens (tertiary/aromatic N) is 5. The van der Waals surface area contributed by atoms with Crippen molar-refractivity contribution in [3.63, 3.8) is 0 Å². The van der Waals surface area contributed by atoms with Crippen molar-refractivity contribution in [3.05, 3.63) is 73.2 Å². The van der Waals surface area contributed by atoms with Crippen molar-refractivity contribution in [2.45, 2.75) is 31.2 Å². The topological polar surface area (TPSA) is 72.9 Å². The first-order valence-corrected chi connectivity index (χ1v) is 12.5. The highest BCUT2D eigenvalue weighted by Crippen LogP contribution is 2.45. The molecule has 0 atom stereocenters. The molecule has 0 radical (unpaired) electrons. The van der Waals surface area contributed by atoms with Crippen molar-refractivity contribution in [3.8, 4) is 22.4 Å². The summed E-state index contributed by atoms with van der Waals surface area (Å²) in [5.74, 6) is 0.535. The molecular weight excluding hydrogens is 432 g/mol. The molecule has 0 unspecified atom stereocenters. The summed E-state index contributed by atoms with van der Waals surface area (Å²) < 4.78 is 2.41. The van der Waals surface area contributed by atoms with Crippen molar-refractivity contribution in [1.29, 1.82) is 0 Å². The molecule has 1 aliphatic heterocycles. The number of hydrogen-bond acceptors (Lipinski definition) is 5. The van der Waals surface area contributed by atoms with E-state index in [0.717, 1.165) is 50.9 Å². The zero-order valence-corrected chi connectivity index (χ0v) is 19.7. The zero-order chi connectivity index (χ0) is 23.4. The number of nitrogen functional groups attached to an aromatic ring is 1. The van der Waals surface area contributed by atoms with Crippen LogP contribution in [0.4, 0.5) is 5.82 Å². The van der Waals surface area contributed by atoms with Gasteiger partial charge < -0.3 is 15.2 Å². The lowest BCUT2D eigenvalue weighted by Crippen LogP contribution is -2.53. The zero-order valence-electron chi connectivity index (χ0n) is 19.7. The Labute approximate surface area is 204 Å². The molecule has 6 nitrogen and oxygen atoms in total. The van der Waals surface area contributed by atoms with E-state index in [1.807, 2.05) is 18.2 Å². The number of rotatable bonds is 5. The van der Waals surface area contributed by atoms with Gasteiger partial charge in [0, 0.05) is 29.3 Å². The van der Waals surface area contributed by atoms with E-state index < -0.39 is 0 Å². The van der Waals surface area contributed by atoms with Crippen LogP contribution in [0.3, 0.4) is 0 Å². The predicted molar refractivity (Wildman–Crippen MR) is 141 cm³/mol. The Hall–Kier alpha value is -3.77. The first-order valence-electron chi connectivity index (χ1n) is 12.5. The van der Waals surface area contributed by atoms with E-state index in [9.17, 15) is 0 Å². The Morgan fingerprint density at radius 1 is 0.886 bits per heavy atom. The first-order chi connectivity index (χ1) is 17.2.